The highest BCUT2D eigenvalue weighted by molar-refractivity contribution is 6.36. The summed E-state index contributed by atoms with van der Waals surface area (Å²) < 4.78 is 46.0. The maximum atomic E-state index is 13.6. The van der Waals surface area contributed by atoms with Crippen molar-refractivity contribution < 1.29 is 22.7 Å². The fraction of sp³-hybridized carbons (Fsp3) is 0.357. The number of ether oxygens (including phenoxy) is 1. The molecule has 3 rings (SSSR count). The first-order valence-corrected chi connectivity index (χ1v) is 6.57. The zero-order valence-electron chi connectivity index (χ0n) is 10.6. The van der Waals surface area contributed by atoms with E-state index < -0.39 is 17.9 Å². The number of benzene rings is 1. The molecule has 1 amide bonds. The predicted molar refractivity (Wildman–Crippen MR) is 69.5 cm³/mol. The van der Waals surface area contributed by atoms with Crippen LogP contribution in [0.25, 0.3) is 0 Å². The molecule has 1 saturated carbocycles. The zero-order valence-corrected chi connectivity index (χ0v) is 11.3. The molecule has 0 saturated heterocycles. The molecule has 0 N–H and O–H groups in total. The predicted octanol–water partition coefficient (Wildman–Crippen LogP) is 3.97. The molecule has 2 aliphatic rings. The number of anilines is 1. The molecule has 0 aromatic heterocycles. The molecule has 1 aliphatic carbocycles. The third-order valence-electron chi connectivity index (χ3n) is 3.32. The molecular weight excluding hydrogens is 307 g/mol. The molecule has 21 heavy (non-hydrogen) atoms. The van der Waals surface area contributed by atoms with Gasteiger partial charge in [0.1, 0.15) is 0 Å². The molecule has 0 unspecified atom stereocenters. The molecule has 0 radical (unpaired) electrons. The largest absolute Gasteiger partial charge is 0.445 e. The first-order chi connectivity index (χ1) is 9.85. The molecule has 110 valence electrons. The van der Waals surface area contributed by atoms with Gasteiger partial charge in [-0.1, -0.05) is 24.1 Å². The van der Waals surface area contributed by atoms with Crippen molar-refractivity contribution in [3.63, 3.8) is 0 Å². The van der Waals surface area contributed by atoms with E-state index in [9.17, 15) is 18.0 Å². The van der Waals surface area contributed by atoms with Gasteiger partial charge in [-0.3, -0.25) is 0 Å². The van der Waals surface area contributed by atoms with Crippen LogP contribution in [0.2, 0.25) is 0 Å². The Morgan fingerprint density at radius 1 is 1.33 bits per heavy atom. The van der Waals surface area contributed by atoms with Crippen molar-refractivity contribution in [3.05, 3.63) is 29.8 Å². The van der Waals surface area contributed by atoms with Gasteiger partial charge in [-0.25, -0.2) is 4.79 Å². The molecule has 1 atom stereocenters. The van der Waals surface area contributed by atoms with Gasteiger partial charge >= 0.3 is 12.3 Å². The summed E-state index contributed by atoms with van der Waals surface area (Å²) in [6.07, 6.45) is -4.63. The Balaban J connectivity index is 2.22. The molecular formula is C14H9ClF3NO2. The van der Waals surface area contributed by atoms with Crippen molar-refractivity contribution in [2.24, 2.45) is 5.92 Å². The number of nitrogens with zero attached hydrogens (tertiary/aromatic N) is 1. The van der Waals surface area contributed by atoms with Crippen LogP contribution in [0.3, 0.4) is 0 Å². The summed E-state index contributed by atoms with van der Waals surface area (Å²) in [6, 6.07) is 5.44. The van der Waals surface area contributed by atoms with Crippen LogP contribution in [0, 0.1) is 17.8 Å². The maximum absolute atomic E-state index is 13.6. The first-order valence-electron chi connectivity index (χ1n) is 6.23. The fourth-order valence-corrected chi connectivity index (χ4v) is 2.25. The lowest BCUT2D eigenvalue weighted by molar-refractivity contribution is -0.240. The summed E-state index contributed by atoms with van der Waals surface area (Å²) in [5, 5.41) is 0. The number of para-hydroxylation sites is 1. The summed E-state index contributed by atoms with van der Waals surface area (Å²) in [5.41, 5.74) is -3.31. The Morgan fingerprint density at radius 3 is 2.62 bits per heavy atom. The summed E-state index contributed by atoms with van der Waals surface area (Å²) in [6.45, 7) is 0. The third-order valence-corrected chi connectivity index (χ3v) is 3.64. The summed E-state index contributed by atoms with van der Waals surface area (Å²) in [7, 11) is 0. The van der Waals surface area contributed by atoms with Gasteiger partial charge in [-0.2, -0.15) is 17.6 Å². The van der Waals surface area contributed by atoms with Gasteiger partial charge in [0.15, 0.2) is 0 Å². The van der Waals surface area contributed by atoms with Crippen molar-refractivity contribution in [1.29, 1.82) is 0 Å². The van der Waals surface area contributed by atoms with E-state index >= 15 is 0 Å². The van der Waals surface area contributed by atoms with Crippen LogP contribution < -0.4 is 4.42 Å². The van der Waals surface area contributed by atoms with Crippen LogP contribution >= 0.6 is 11.8 Å². The van der Waals surface area contributed by atoms with Crippen LogP contribution in [-0.2, 0) is 10.3 Å². The number of hydrogen-bond acceptors (Lipinski definition) is 2. The Hall–Kier alpha value is -1.87. The van der Waals surface area contributed by atoms with Gasteiger partial charge in [0.2, 0.25) is 0 Å². The smallest absolute Gasteiger partial charge is 0.414 e. The van der Waals surface area contributed by atoms with Crippen LogP contribution in [-0.4, -0.2) is 12.3 Å². The Kier molecular flexibility index (Phi) is 3.06. The fourth-order valence-electron chi connectivity index (χ4n) is 2.07. The number of halogens is 4. The maximum Gasteiger partial charge on any atom is 0.445 e. The molecule has 1 aromatic carbocycles. The Morgan fingerprint density at radius 2 is 2.00 bits per heavy atom. The van der Waals surface area contributed by atoms with Crippen LogP contribution in [0.4, 0.5) is 23.7 Å². The number of cyclic esters (lactones) is 1. The molecule has 1 aromatic rings. The third kappa shape index (κ3) is 2.22. The minimum atomic E-state index is -4.86. The van der Waals surface area contributed by atoms with E-state index in [1.807, 2.05) is 0 Å². The molecule has 1 aliphatic heterocycles. The number of hydrogen-bond donors (Lipinski definition) is 0. The van der Waals surface area contributed by atoms with E-state index in [1.165, 1.54) is 24.3 Å². The van der Waals surface area contributed by atoms with Gasteiger partial charge < -0.3 is 4.74 Å². The lowest BCUT2D eigenvalue weighted by atomic mass is 9.90. The lowest BCUT2D eigenvalue weighted by Gasteiger charge is -2.37. The van der Waals surface area contributed by atoms with E-state index in [0.29, 0.717) is 4.42 Å². The van der Waals surface area contributed by atoms with E-state index in [0.717, 1.165) is 12.8 Å². The molecule has 3 nitrogen and oxygen atoms in total. The van der Waals surface area contributed by atoms with Gasteiger partial charge in [-0.15, -0.1) is 0 Å². The number of amides is 1. The topological polar surface area (TPSA) is 29.5 Å². The normalized spacial score (nSPS) is 24.8. The second-order valence-electron chi connectivity index (χ2n) is 4.89. The quantitative estimate of drug-likeness (QED) is 0.535. The molecule has 1 fully saturated rings. The molecule has 0 spiro atoms. The van der Waals surface area contributed by atoms with Gasteiger partial charge in [0, 0.05) is 23.3 Å². The number of carbonyl (C=O) groups is 1. The highest BCUT2D eigenvalue weighted by Crippen LogP contribution is 2.49. The van der Waals surface area contributed by atoms with E-state index in [2.05, 4.69) is 16.6 Å². The minimum absolute atomic E-state index is 0.0656. The van der Waals surface area contributed by atoms with Gasteiger partial charge in [-0.05, 0) is 24.8 Å². The minimum Gasteiger partial charge on any atom is -0.414 e. The average molecular weight is 316 g/mol. The lowest BCUT2D eigenvalue weighted by Crippen LogP contribution is -2.51. The van der Waals surface area contributed by atoms with E-state index in [4.69, 9.17) is 11.8 Å². The van der Waals surface area contributed by atoms with Crippen molar-refractivity contribution in [2.45, 2.75) is 24.6 Å². The zero-order chi connectivity index (χ0) is 15.3. The van der Waals surface area contributed by atoms with Crippen molar-refractivity contribution in [1.82, 2.24) is 0 Å². The number of carbonyl (C=O) groups excluding carboxylic acids is 1. The molecule has 7 heteroatoms. The standard InChI is InChI=1S/C14H9ClF3NO2/c15-19-11-4-2-1-3-10(11)13(14(16,17)18,21-12(19)20)8-7-9-5-6-9/h1-4,9H,5-6H2/t13-/m0/s1. The van der Waals surface area contributed by atoms with Crippen LogP contribution in [0.1, 0.15) is 18.4 Å². The van der Waals surface area contributed by atoms with Crippen LogP contribution in [0.15, 0.2) is 24.3 Å². The monoisotopic (exact) mass is 315 g/mol. The second kappa shape index (κ2) is 4.57. The average Bonchev–Trinajstić information content (AvgIpc) is 3.24. The first kappa shape index (κ1) is 14.1. The van der Waals surface area contributed by atoms with Gasteiger partial charge in [0.25, 0.3) is 5.60 Å². The highest BCUT2D eigenvalue weighted by Gasteiger charge is 2.63. The highest BCUT2D eigenvalue weighted by atomic mass is 35.5. The summed E-state index contributed by atoms with van der Waals surface area (Å²) >= 11 is 5.69. The molecule has 1 heterocycles. The summed E-state index contributed by atoms with van der Waals surface area (Å²) in [4.78, 5) is 11.7. The van der Waals surface area contributed by atoms with Gasteiger partial charge in [0.05, 0.1) is 5.69 Å². The van der Waals surface area contributed by atoms with Crippen LogP contribution in [0.5, 0.6) is 0 Å². The number of rotatable bonds is 0. The van der Waals surface area contributed by atoms with E-state index in [1.54, 1.807) is 0 Å². The SMILES string of the molecule is O=C1O[C@](C#CC2CC2)(C(F)(F)F)c2ccccc2N1Cl. The van der Waals surface area contributed by atoms with Crippen molar-refractivity contribution in [2.75, 3.05) is 4.42 Å². The summed E-state index contributed by atoms with van der Waals surface area (Å²) in [5.74, 6) is 4.62. The van der Waals surface area contributed by atoms with Crippen molar-refractivity contribution >= 4 is 23.6 Å². The number of alkyl halides is 3. The molecule has 0 bridgehead atoms. The number of fused-ring (bicyclic) bond motifs is 1. The van der Waals surface area contributed by atoms with E-state index in [-0.39, 0.29) is 17.2 Å². The van der Waals surface area contributed by atoms with Crippen molar-refractivity contribution in [3.8, 4) is 11.8 Å². The second-order valence-corrected chi connectivity index (χ2v) is 5.23. The Bertz CT molecular complexity index is 660. The Labute approximate surface area is 123 Å².